The molecule has 0 bridgehead atoms. The van der Waals surface area contributed by atoms with Crippen molar-refractivity contribution in [3.05, 3.63) is 0 Å². The Bertz CT molecular complexity index is 234. The van der Waals surface area contributed by atoms with Crippen LogP contribution in [0.4, 0.5) is 0 Å². The lowest BCUT2D eigenvalue weighted by Crippen LogP contribution is -2.45. The van der Waals surface area contributed by atoms with Crippen LogP contribution in [0.3, 0.4) is 0 Å². The molecule has 0 spiro atoms. The van der Waals surface area contributed by atoms with Crippen LogP contribution < -0.4 is 5.32 Å². The van der Waals surface area contributed by atoms with Gasteiger partial charge < -0.3 is 15.1 Å². The summed E-state index contributed by atoms with van der Waals surface area (Å²) in [6, 6.07) is 0. The van der Waals surface area contributed by atoms with E-state index in [0.717, 1.165) is 39.0 Å². The Morgan fingerprint density at radius 3 is 2.44 bits per heavy atom. The Morgan fingerprint density at radius 2 is 2.00 bits per heavy atom. The van der Waals surface area contributed by atoms with Crippen LogP contribution >= 0.6 is 0 Å². The van der Waals surface area contributed by atoms with Crippen LogP contribution in [-0.2, 0) is 4.79 Å². The fourth-order valence-corrected chi connectivity index (χ4v) is 2.24. The van der Waals surface area contributed by atoms with Gasteiger partial charge in [-0.05, 0) is 33.5 Å². The number of hydrogen-bond donors (Lipinski definition) is 1. The summed E-state index contributed by atoms with van der Waals surface area (Å²) < 4.78 is 0. The van der Waals surface area contributed by atoms with Crippen molar-refractivity contribution in [1.29, 1.82) is 0 Å². The van der Waals surface area contributed by atoms with Crippen molar-refractivity contribution in [2.75, 3.05) is 47.3 Å². The maximum absolute atomic E-state index is 12.4. The lowest BCUT2D eigenvalue weighted by Gasteiger charge is -2.31. The molecule has 0 radical (unpaired) electrons. The molecule has 4 nitrogen and oxygen atoms in total. The first-order valence-electron chi connectivity index (χ1n) is 6.13. The SMILES string of the molecule is CCC1(C(=O)N(C)CCN(C)C)CCNC1. The van der Waals surface area contributed by atoms with Crippen LogP contribution in [0.1, 0.15) is 19.8 Å². The summed E-state index contributed by atoms with van der Waals surface area (Å²) in [6.45, 7) is 5.67. The van der Waals surface area contributed by atoms with Crippen LogP contribution in [0.15, 0.2) is 0 Å². The van der Waals surface area contributed by atoms with Crippen LogP contribution in [-0.4, -0.2) is 63.0 Å². The summed E-state index contributed by atoms with van der Waals surface area (Å²) in [4.78, 5) is 16.4. The normalized spacial score (nSPS) is 25.1. The monoisotopic (exact) mass is 227 g/mol. The number of likely N-dealkylation sites (N-methyl/N-ethyl adjacent to an activating group) is 2. The molecule has 0 saturated carbocycles. The summed E-state index contributed by atoms with van der Waals surface area (Å²) in [5.74, 6) is 0.307. The van der Waals surface area contributed by atoms with Gasteiger partial charge in [0, 0.05) is 26.7 Å². The Labute approximate surface area is 99.0 Å². The van der Waals surface area contributed by atoms with Gasteiger partial charge in [0.05, 0.1) is 5.41 Å². The Hall–Kier alpha value is -0.610. The Kier molecular flexibility index (Phi) is 4.74. The van der Waals surface area contributed by atoms with Crippen LogP contribution in [0.2, 0.25) is 0 Å². The van der Waals surface area contributed by atoms with Gasteiger partial charge in [-0.15, -0.1) is 0 Å². The predicted octanol–water partition coefficient (Wildman–Crippen LogP) is 0.396. The maximum Gasteiger partial charge on any atom is 0.229 e. The molecule has 1 unspecified atom stereocenters. The van der Waals surface area contributed by atoms with Crippen molar-refractivity contribution in [2.45, 2.75) is 19.8 Å². The number of carbonyl (C=O) groups is 1. The second kappa shape index (κ2) is 5.64. The van der Waals surface area contributed by atoms with E-state index >= 15 is 0 Å². The predicted molar refractivity (Wildman–Crippen MR) is 66.4 cm³/mol. The van der Waals surface area contributed by atoms with Crippen LogP contribution in [0, 0.1) is 5.41 Å². The zero-order valence-corrected chi connectivity index (χ0v) is 11.0. The van der Waals surface area contributed by atoms with Crippen molar-refractivity contribution >= 4 is 5.91 Å². The maximum atomic E-state index is 12.4. The summed E-state index contributed by atoms with van der Waals surface area (Å²) >= 11 is 0. The molecule has 0 aromatic carbocycles. The molecule has 1 aliphatic rings. The molecule has 1 rings (SSSR count). The minimum absolute atomic E-state index is 0.138. The van der Waals surface area contributed by atoms with Crippen molar-refractivity contribution in [2.24, 2.45) is 5.41 Å². The number of nitrogens with zero attached hydrogens (tertiary/aromatic N) is 2. The van der Waals surface area contributed by atoms with E-state index in [4.69, 9.17) is 0 Å². The fraction of sp³-hybridized carbons (Fsp3) is 0.917. The third-order valence-electron chi connectivity index (χ3n) is 3.60. The van der Waals surface area contributed by atoms with Gasteiger partial charge in [-0.2, -0.15) is 0 Å². The van der Waals surface area contributed by atoms with Crippen LogP contribution in [0.25, 0.3) is 0 Å². The van der Waals surface area contributed by atoms with Crippen molar-refractivity contribution in [1.82, 2.24) is 15.1 Å². The number of rotatable bonds is 5. The highest BCUT2D eigenvalue weighted by Gasteiger charge is 2.40. The molecule has 1 atom stereocenters. The fourth-order valence-electron chi connectivity index (χ4n) is 2.24. The second-order valence-corrected chi connectivity index (χ2v) is 5.09. The average Bonchev–Trinajstić information content (AvgIpc) is 2.74. The molecule has 4 heteroatoms. The molecule has 1 fully saturated rings. The first kappa shape index (κ1) is 13.5. The molecule has 0 aromatic heterocycles. The van der Waals surface area contributed by atoms with E-state index in [0.29, 0.717) is 5.91 Å². The second-order valence-electron chi connectivity index (χ2n) is 5.09. The zero-order chi connectivity index (χ0) is 12.2. The molecule has 1 saturated heterocycles. The number of amides is 1. The highest BCUT2D eigenvalue weighted by molar-refractivity contribution is 5.83. The Morgan fingerprint density at radius 1 is 1.31 bits per heavy atom. The van der Waals surface area contributed by atoms with E-state index in [9.17, 15) is 4.79 Å². The van der Waals surface area contributed by atoms with Gasteiger partial charge in [0.2, 0.25) is 5.91 Å². The van der Waals surface area contributed by atoms with E-state index in [1.165, 1.54) is 0 Å². The van der Waals surface area contributed by atoms with Crippen molar-refractivity contribution < 1.29 is 4.79 Å². The molecule has 94 valence electrons. The molecule has 0 aromatic rings. The molecule has 1 N–H and O–H groups in total. The Balaban J connectivity index is 2.54. The minimum atomic E-state index is -0.138. The highest BCUT2D eigenvalue weighted by Crippen LogP contribution is 2.31. The van der Waals surface area contributed by atoms with E-state index in [-0.39, 0.29) is 5.41 Å². The molecular formula is C12H25N3O. The van der Waals surface area contributed by atoms with Gasteiger partial charge in [-0.25, -0.2) is 0 Å². The molecule has 16 heavy (non-hydrogen) atoms. The highest BCUT2D eigenvalue weighted by atomic mass is 16.2. The lowest BCUT2D eigenvalue weighted by atomic mass is 9.83. The number of nitrogens with one attached hydrogen (secondary N) is 1. The lowest BCUT2D eigenvalue weighted by molar-refractivity contribution is -0.140. The summed E-state index contributed by atoms with van der Waals surface area (Å²) in [5, 5.41) is 3.31. The van der Waals surface area contributed by atoms with E-state index < -0.39 is 0 Å². The number of carbonyl (C=O) groups excluding carboxylic acids is 1. The quantitative estimate of drug-likeness (QED) is 0.738. The molecule has 1 amide bonds. The molecule has 1 aliphatic heterocycles. The third-order valence-corrected chi connectivity index (χ3v) is 3.60. The first-order valence-corrected chi connectivity index (χ1v) is 6.13. The van der Waals surface area contributed by atoms with E-state index in [1.54, 1.807) is 0 Å². The van der Waals surface area contributed by atoms with Crippen molar-refractivity contribution in [3.8, 4) is 0 Å². The largest absolute Gasteiger partial charge is 0.344 e. The van der Waals surface area contributed by atoms with Gasteiger partial charge in [0.15, 0.2) is 0 Å². The minimum Gasteiger partial charge on any atom is -0.344 e. The van der Waals surface area contributed by atoms with Gasteiger partial charge in [-0.3, -0.25) is 4.79 Å². The van der Waals surface area contributed by atoms with Gasteiger partial charge >= 0.3 is 0 Å². The summed E-state index contributed by atoms with van der Waals surface area (Å²) in [6.07, 6.45) is 1.92. The smallest absolute Gasteiger partial charge is 0.229 e. The molecular weight excluding hydrogens is 202 g/mol. The van der Waals surface area contributed by atoms with Gasteiger partial charge in [0.25, 0.3) is 0 Å². The van der Waals surface area contributed by atoms with Gasteiger partial charge in [0.1, 0.15) is 0 Å². The topological polar surface area (TPSA) is 35.6 Å². The molecule has 0 aliphatic carbocycles. The van der Waals surface area contributed by atoms with Crippen molar-refractivity contribution in [3.63, 3.8) is 0 Å². The standard InChI is InChI=1S/C12H25N3O/c1-5-12(6-7-13-10-12)11(16)15(4)9-8-14(2)3/h13H,5-10H2,1-4H3. The molecule has 1 heterocycles. The number of hydrogen-bond acceptors (Lipinski definition) is 3. The first-order chi connectivity index (χ1) is 7.52. The van der Waals surface area contributed by atoms with Crippen LogP contribution in [0.5, 0.6) is 0 Å². The van der Waals surface area contributed by atoms with E-state index in [1.807, 2.05) is 26.0 Å². The zero-order valence-electron chi connectivity index (χ0n) is 11.0. The average molecular weight is 227 g/mol. The summed E-state index contributed by atoms with van der Waals surface area (Å²) in [7, 11) is 5.98. The third kappa shape index (κ3) is 2.95. The summed E-state index contributed by atoms with van der Waals surface area (Å²) in [5.41, 5.74) is -0.138. The van der Waals surface area contributed by atoms with Gasteiger partial charge in [-0.1, -0.05) is 6.92 Å². The van der Waals surface area contributed by atoms with E-state index in [2.05, 4.69) is 17.1 Å².